The van der Waals surface area contributed by atoms with Crippen LogP contribution in [0.25, 0.3) is 0 Å². The lowest BCUT2D eigenvalue weighted by molar-refractivity contribution is -0.141. The summed E-state index contributed by atoms with van der Waals surface area (Å²) in [7, 11) is 0. The van der Waals surface area contributed by atoms with Gasteiger partial charge >= 0.3 is 5.97 Å². The summed E-state index contributed by atoms with van der Waals surface area (Å²) in [5, 5.41) is 12.2. The van der Waals surface area contributed by atoms with Gasteiger partial charge in [0.2, 0.25) is 0 Å². The van der Waals surface area contributed by atoms with Crippen LogP contribution in [0.15, 0.2) is 12.1 Å². The van der Waals surface area contributed by atoms with Crippen LogP contribution in [0.2, 0.25) is 10.0 Å². The number of aliphatic carboxylic acids is 1. The number of carboxylic acids is 1. The first-order valence-electron chi connectivity index (χ1n) is 5.52. The molecule has 1 rings (SSSR count). The van der Waals surface area contributed by atoms with Crippen LogP contribution in [0.5, 0.6) is 0 Å². The molecule has 0 aliphatic carbocycles. The number of amides is 1. The number of halogens is 3. The summed E-state index contributed by atoms with van der Waals surface area (Å²) in [5.41, 5.74) is 0.346. The van der Waals surface area contributed by atoms with Crippen molar-refractivity contribution >= 4 is 57.7 Å². The number of nitrogens with one attached hydrogen (secondary N) is 1. The average molecular weight is 416 g/mol. The Morgan fingerprint density at radius 2 is 2.05 bits per heavy atom. The first kappa shape index (κ1) is 16.5. The molecule has 4 nitrogen and oxygen atoms in total. The molecule has 2 N–H and O–H groups in total. The number of carbonyl (C=O) groups is 2. The fraction of sp³-hybridized carbons (Fsp3) is 0.333. The van der Waals surface area contributed by atoms with Crippen molar-refractivity contribution in [3.05, 3.63) is 31.3 Å². The van der Waals surface area contributed by atoms with Crippen LogP contribution >= 0.6 is 45.8 Å². The van der Waals surface area contributed by atoms with Gasteiger partial charge in [0.1, 0.15) is 0 Å². The Labute approximate surface area is 134 Å². The minimum absolute atomic E-state index is 0.0743. The molecule has 0 aliphatic heterocycles. The van der Waals surface area contributed by atoms with Crippen molar-refractivity contribution in [2.45, 2.75) is 13.3 Å². The molecule has 0 saturated heterocycles. The SMILES string of the molecule is CCC(CNC(=O)c1cc(Cl)cc(Cl)c1I)C(=O)O. The standard InChI is InChI=1S/C12H12Cl2INO3/c1-2-6(12(18)19)5-16-11(17)8-3-7(13)4-9(14)10(8)15/h3-4,6H,2,5H2,1H3,(H,16,17)(H,18,19). The third-order valence-corrected chi connectivity index (χ3v) is 4.59. The van der Waals surface area contributed by atoms with E-state index >= 15 is 0 Å². The zero-order valence-corrected chi connectivity index (χ0v) is 13.7. The van der Waals surface area contributed by atoms with Gasteiger partial charge in [0, 0.05) is 15.1 Å². The minimum Gasteiger partial charge on any atom is -0.481 e. The Morgan fingerprint density at radius 3 is 2.58 bits per heavy atom. The summed E-state index contributed by atoms with van der Waals surface area (Å²) in [6.45, 7) is 1.83. The van der Waals surface area contributed by atoms with Crippen molar-refractivity contribution in [2.24, 2.45) is 5.92 Å². The normalized spacial score (nSPS) is 12.0. The molecule has 7 heteroatoms. The molecular formula is C12H12Cl2INO3. The van der Waals surface area contributed by atoms with E-state index in [1.807, 2.05) is 22.6 Å². The van der Waals surface area contributed by atoms with Crippen LogP contribution in [0.4, 0.5) is 0 Å². The summed E-state index contributed by atoms with van der Waals surface area (Å²) in [5.74, 6) is -1.91. The zero-order valence-electron chi connectivity index (χ0n) is 10.0. The third kappa shape index (κ3) is 4.50. The molecule has 19 heavy (non-hydrogen) atoms. The predicted molar refractivity (Wildman–Crippen MR) is 82.9 cm³/mol. The molecule has 0 saturated carbocycles. The third-order valence-electron chi connectivity index (χ3n) is 2.59. The number of rotatable bonds is 5. The number of hydrogen-bond donors (Lipinski definition) is 2. The number of hydrogen-bond acceptors (Lipinski definition) is 2. The summed E-state index contributed by atoms with van der Waals surface area (Å²) in [6.07, 6.45) is 0.447. The first-order chi connectivity index (χ1) is 8.86. The highest BCUT2D eigenvalue weighted by molar-refractivity contribution is 14.1. The number of benzene rings is 1. The Hall–Kier alpha value is -0.530. The molecule has 1 aromatic rings. The Morgan fingerprint density at radius 1 is 1.42 bits per heavy atom. The van der Waals surface area contributed by atoms with Gasteiger partial charge in [0.25, 0.3) is 5.91 Å². The molecule has 0 bridgehead atoms. The van der Waals surface area contributed by atoms with E-state index in [1.54, 1.807) is 13.0 Å². The quantitative estimate of drug-likeness (QED) is 0.571. The molecular weight excluding hydrogens is 404 g/mol. The lowest BCUT2D eigenvalue weighted by Gasteiger charge is -2.12. The van der Waals surface area contributed by atoms with Crippen molar-refractivity contribution in [2.75, 3.05) is 6.54 Å². The summed E-state index contributed by atoms with van der Waals surface area (Å²) in [4.78, 5) is 22.8. The van der Waals surface area contributed by atoms with Crippen molar-refractivity contribution in [1.29, 1.82) is 0 Å². The Bertz CT molecular complexity index is 508. The average Bonchev–Trinajstić information content (AvgIpc) is 2.33. The first-order valence-corrected chi connectivity index (χ1v) is 7.35. The van der Waals surface area contributed by atoms with Crippen molar-refractivity contribution < 1.29 is 14.7 Å². The Balaban J connectivity index is 2.82. The molecule has 1 aromatic carbocycles. The fourth-order valence-electron chi connectivity index (χ4n) is 1.44. The maximum atomic E-state index is 12.0. The van der Waals surface area contributed by atoms with Gasteiger partial charge in [-0.3, -0.25) is 9.59 Å². The van der Waals surface area contributed by atoms with Gasteiger partial charge in [-0.2, -0.15) is 0 Å². The van der Waals surface area contributed by atoms with Crippen molar-refractivity contribution in [3.8, 4) is 0 Å². The molecule has 1 atom stereocenters. The second-order valence-electron chi connectivity index (χ2n) is 3.90. The maximum Gasteiger partial charge on any atom is 0.308 e. The fourth-order valence-corrected chi connectivity index (χ4v) is 2.49. The molecule has 0 aliphatic rings. The molecule has 1 amide bonds. The summed E-state index contributed by atoms with van der Waals surface area (Å²) in [6, 6.07) is 3.06. The van der Waals surface area contributed by atoms with E-state index in [1.165, 1.54) is 6.07 Å². The van der Waals surface area contributed by atoms with E-state index in [4.69, 9.17) is 28.3 Å². The molecule has 0 aromatic heterocycles. The van der Waals surface area contributed by atoms with E-state index in [0.717, 1.165) is 0 Å². The lowest BCUT2D eigenvalue weighted by Crippen LogP contribution is -2.33. The lowest BCUT2D eigenvalue weighted by atomic mass is 10.1. The van der Waals surface area contributed by atoms with Gasteiger partial charge in [0.15, 0.2) is 0 Å². The van der Waals surface area contributed by atoms with E-state index in [-0.39, 0.29) is 12.5 Å². The maximum absolute atomic E-state index is 12.0. The van der Waals surface area contributed by atoms with Crippen LogP contribution in [0, 0.1) is 9.49 Å². The molecule has 0 spiro atoms. The molecule has 104 valence electrons. The van der Waals surface area contributed by atoms with Gasteiger partial charge in [-0.25, -0.2) is 0 Å². The highest BCUT2D eigenvalue weighted by Gasteiger charge is 2.18. The van der Waals surface area contributed by atoms with Crippen LogP contribution in [-0.4, -0.2) is 23.5 Å². The molecule has 0 fully saturated rings. The van der Waals surface area contributed by atoms with E-state index in [0.29, 0.717) is 25.6 Å². The predicted octanol–water partition coefficient (Wildman–Crippen LogP) is 3.44. The van der Waals surface area contributed by atoms with Crippen LogP contribution in [-0.2, 0) is 4.79 Å². The second kappa shape index (κ2) is 7.31. The molecule has 0 radical (unpaired) electrons. The summed E-state index contributed by atoms with van der Waals surface area (Å²) < 4.78 is 0.588. The van der Waals surface area contributed by atoms with Crippen LogP contribution in [0.1, 0.15) is 23.7 Å². The van der Waals surface area contributed by atoms with Gasteiger partial charge in [0.05, 0.1) is 16.5 Å². The van der Waals surface area contributed by atoms with E-state index < -0.39 is 11.9 Å². The smallest absolute Gasteiger partial charge is 0.308 e. The highest BCUT2D eigenvalue weighted by atomic mass is 127. The largest absolute Gasteiger partial charge is 0.481 e. The topological polar surface area (TPSA) is 66.4 Å². The van der Waals surface area contributed by atoms with Crippen molar-refractivity contribution in [1.82, 2.24) is 5.32 Å². The van der Waals surface area contributed by atoms with Gasteiger partial charge in [-0.15, -0.1) is 0 Å². The second-order valence-corrected chi connectivity index (χ2v) is 5.82. The molecule has 0 heterocycles. The minimum atomic E-state index is -0.929. The van der Waals surface area contributed by atoms with E-state index in [9.17, 15) is 9.59 Å². The van der Waals surface area contributed by atoms with Gasteiger partial charge in [-0.05, 0) is 41.1 Å². The Kier molecular flexibility index (Phi) is 6.35. The van der Waals surface area contributed by atoms with Crippen LogP contribution in [0.3, 0.4) is 0 Å². The van der Waals surface area contributed by atoms with Crippen LogP contribution < -0.4 is 5.32 Å². The zero-order chi connectivity index (χ0) is 14.6. The number of carboxylic acid groups (broad SMARTS) is 1. The monoisotopic (exact) mass is 415 g/mol. The summed E-state index contributed by atoms with van der Waals surface area (Å²) >= 11 is 13.7. The van der Waals surface area contributed by atoms with E-state index in [2.05, 4.69) is 5.32 Å². The van der Waals surface area contributed by atoms with Crippen molar-refractivity contribution in [3.63, 3.8) is 0 Å². The molecule has 1 unspecified atom stereocenters. The highest BCUT2D eigenvalue weighted by Crippen LogP contribution is 2.26. The van der Waals surface area contributed by atoms with Gasteiger partial charge < -0.3 is 10.4 Å². The van der Waals surface area contributed by atoms with Gasteiger partial charge in [-0.1, -0.05) is 30.1 Å². The number of carbonyl (C=O) groups excluding carboxylic acids is 1.